The van der Waals surface area contributed by atoms with E-state index in [1.54, 1.807) is 24.3 Å². The lowest BCUT2D eigenvalue weighted by Crippen LogP contribution is -2.25. The molecule has 1 unspecified atom stereocenters. The predicted octanol–water partition coefficient (Wildman–Crippen LogP) is 4.77. The SMILES string of the molecule is Cc1ccc(-c2cc(C(F)(F)F)nc3sc(C(N)=O)c(NC(=O)C(C)Cn4cc([N+](=O)[O-])cn4)c23)cc1. The van der Waals surface area contributed by atoms with E-state index in [-0.39, 0.29) is 38.6 Å². The van der Waals surface area contributed by atoms with Gasteiger partial charge in [0.2, 0.25) is 5.91 Å². The molecule has 0 radical (unpaired) electrons. The molecule has 37 heavy (non-hydrogen) atoms. The number of aryl methyl sites for hydroxylation is 1. The third-order valence-electron chi connectivity index (χ3n) is 5.53. The van der Waals surface area contributed by atoms with E-state index < -0.39 is 34.5 Å². The first kappa shape index (κ1) is 25.8. The van der Waals surface area contributed by atoms with Crippen LogP contribution >= 0.6 is 11.3 Å². The number of pyridine rings is 1. The van der Waals surface area contributed by atoms with Crippen molar-refractivity contribution in [3.8, 4) is 11.1 Å². The Bertz CT molecular complexity index is 1530. The highest BCUT2D eigenvalue weighted by atomic mass is 32.1. The topological polar surface area (TPSA) is 146 Å². The molecule has 4 rings (SSSR count). The molecule has 0 aliphatic rings. The van der Waals surface area contributed by atoms with Gasteiger partial charge in [0, 0.05) is 5.39 Å². The first-order valence-corrected chi connectivity index (χ1v) is 11.6. The molecule has 3 N–H and O–H groups in total. The maximum atomic E-state index is 13.6. The van der Waals surface area contributed by atoms with Crippen LogP contribution in [0.4, 0.5) is 24.5 Å². The summed E-state index contributed by atoms with van der Waals surface area (Å²) in [5.74, 6) is -2.34. The lowest BCUT2D eigenvalue weighted by Gasteiger charge is -2.15. The lowest BCUT2D eigenvalue weighted by atomic mass is 9.99. The summed E-state index contributed by atoms with van der Waals surface area (Å²) in [7, 11) is 0. The molecule has 2 amide bonds. The van der Waals surface area contributed by atoms with E-state index in [0.717, 1.165) is 24.0 Å². The summed E-state index contributed by atoms with van der Waals surface area (Å²) >= 11 is 0.646. The summed E-state index contributed by atoms with van der Waals surface area (Å²) in [4.78, 5) is 39.0. The molecule has 1 aromatic carbocycles. The van der Waals surface area contributed by atoms with Crippen molar-refractivity contribution < 1.29 is 27.7 Å². The Labute approximate surface area is 211 Å². The Morgan fingerprint density at radius 1 is 1.27 bits per heavy atom. The van der Waals surface area contributed by atoms with Gasteiger partial charge in [0.15, 0.2) is 0 Å². The fourth-order valence-electron chi connectivity index (χ4n) is 3.65. The summed E-state index contributed by atoms with van der Waals surface area (Å²) in [6.45, 7) is 3.32. The molecular formula is C23H19F3N6O4S. The fraction of sp³-hybridized carbons (Fsp3) is 0.217. The fourth-order valence-corrected chi connectivity index (χ4v) is 4.66. The molecular weight excluding hydrogens is 513 g/mol. The molecule has 3 heterocycles. The zero-order valence-electron chi connectivity index (χ0n) is 19.4. The first-order chi connectivity index (χ1) is 17.3. The molecule has 0 aliphatic carbocycles. The second kappa shape index (κ2) is 9.61. The number of halogens is 3. The zero-order chi connectivity index (χ0) is 27.1. The second-order valence-corrected chi connectivity index (χ2v) is 9.34. The van der Waals surface area contributed by atoms with Crippen LogP contribution in [0.15, 0.2) is 42.7 Å². The van der Waals surface area contributed by atoms with Crippen LogP contribution in [-0.4, -0.2) is 31.5 Å². The van der Waals surface area contributed by atoms with Crippen LogP contribution in [0.5, 0.6) is 0 Å². The molecule has 0 saturated heterocycles. The van der Waals surface area contributed by atoms with Crippen LogP contribution in [0, 0.1) is 23.0 Å². The Hall–Kier alpha value is -4.33. The van der Waals surface area contributed by atoms with Gasteiger partial charge in [-0.1, -0.05) is 36.8 Å². The number of hydrogen-bond donors (Lipinski definition) is 2. The van der Waals surface area contributed by atoms with Crippen molar-refractivity contribution in [2.45, 2.75) is 26.6 Å². The number of rotatable bonds is 7. The highest BCUT2D eigenvalue weighted by Crippen LogP contribution is 2.43. The average molecular weight is 533 g/mol. The van der Waals surface area contributed by atoms with E-state index >= 15 is 0 Å². The molecule has 0 spiro atoms. The van der Waals surface area contributed by atoms with Gasteiger partial charge >= 0.3 is 11.9 Å². The maximum Gasteiger partial charge on any atom is 0.433 e. The summed E-state index contributed by atoms with van der Waals surface area (Å²) in [5.41, 5.74) is 5.48. The van der Waals surface area contributed by atoms with Crippen molar-refractivity contribution in [3.63, 3.8) is 0 Å². The number of nitrogens with one attached hydrogen (secondary N) is 1. The summed E-state index contributed by atoms with van der Waals surface area (Å²) < 4.78 is 42.2. The van der Waals surface area contributed by atoms with E-state index in [1.807, 2.05) is 6.92 Å². The van der Waals surface area contributed by atoms with Crippen molar-refractivity contribution in [2.75, 3.05) is 5.32 Å². The van der Waals surface area contributed by atoms with Crippen LogP contribution in [0.1, 0.15) is 27.9 Å². The number of amides is 2. The monoisotopic (exact) mass is 532 g/mol. The van der Waals surface area contributed by atoms with Gasteiger partial charge in [0.05, 0.1) is 23.1 Å². The van der Waals surface area contributed by atoms with Gasteiger partial charge in [-0.05, 0) is 24.1 Å². The van der Waals surface area contributed by atoms with Gasteiger partial charge in [-0.3, -0.25) is 24.4 Å². The summed E-state index contributed by atoms with van der Waals surface area (Å²) in [6, 6.07) is 7.57. The smallest absolute Gasteiger partial charge is 0.365 e. The molecule has 3 aromatic heterocycles. The Morgan fingerprint density at radius 2 is 1.95 bits per heavy atom. The third-order valence-corrected chi connectivity index (χ3v) is 6.62. The van der Waals surface area contributed by atoms with Gasteiger partial charge in [0.25, 0.3) is 5.91 Å². The van der Waals surface area contributed by atoms with Crippen molar-refractivity contribution in [1.29, 1.82) is 0 Å². The van der Waals surface area contributed by atoms with Crippen molar-refractivity contribution >= 4 is 44.7 Å². The molecule has 14 heteroatoms. The number of aromatic nitrogens is 3. The number of nitrogens with zero attached hydrogens (tertiary/aromatic N) is 4. The highest BCUT2D eigenvalue weighted by Gasteiger charge is 2.35. The van der Waals surface area contributed by atoms with Crippen LogP contribution < -0.4 is 11.1 Å². The Balaban J connectivity index is 1.80. The van der Waals surface area contributed by atoms with Crippen LogP contribution in [-0.2, 0) is 17.5 Å². The van der Waals surface area contributed by atoms with Gasteiger partial charge in [-0.25, -0.2) is 4.98 Å². The summed E-state index contributed by atoms with van der Waals surface area (Å²) in [5, 5.41) is 17.5. The van der Waals surface area contributed by atoms with Crippen LogP contribution in [0.2, 0.25) is 0 Å². The van der Waals surface area contributed by atoms with Crippen LogP contribution in [0.3, 0.4) is 0 Å². The van der Waals surface area contributed by atoms with E-state index in [4.69, 9.17) is 5.73 Å². The number of primary amides is 1. The van der Waals surface area contributed by atoms with E-state index in [2.05, 4.69) is 15.4 Å². The molecule has 1 atom stereocenters. The molecule has 0 saturated carbocycles. The van der Waals surface area contributed by atoms with Gasteiger partial charge in [0.1, 0.15) is 27.8 Å². The number of nitro groups is 1. The number of thiophene rings is 1. The largest absolute Gasteiger partial charge is 0.433 e. The van der Waals surface area contributed by atoms with Crippen LogP contribution in [0.25, 0.3) is 21.3 Å². The number of anilines is 1. The number of alkyl halides is 3. The third kappa shape index (κ3) is 5.28. The number of fused-ring (bicyclic) bond motifs is 1. The first-order valence-electron chi connectivity index (χ1n) is 10.7. The number of carbonyl (C=O) groups excluding carboxylic acids is 2. The minimum atomic E-state index is -4.76. The molecule has 0 aliphatic heterocycles. The quantitative estimate of drug-likeness (QED) is 0.259. The van der Waals surface area contributed by atoms with Crippen molar-refractivity contribution in [2.24, 2.45) is 11.7 Å². The number of benzene rings is 1. The second-order valence-electron chi connectivity index (χ2n) is 8.34. The maximum absolute atomic E-state index is 13.6. The number of nitrogens with two attached hydrogens (primary N) is 1. The Kier molecular flexibility index (Phi) is 6.69. The number of carbonyl (C=O) groups is 2. The van der Waals surface area contributed by atoms with E-state index in [9.17, 15) is 32.9 Å². The zero-order valence-corrected chi connectivity index (χ0v) is 20.2. The number of hydrogen-bond acceptors (Lipinski definition) is 7. The minimum Gasteiger partial charge on any atom is -0.365 e. The van der Waals surface area contributed by atoms with Gasteiger partial charge < -0.3 is 11.1 Å². The molecule has 10 nitrogen and oxygen atoms in total. The average Bonchev–Trinajstić information content (AvgIpc) is 3.43. The lowest BCUT2D eigenvalue weighted by molar-refractivity contribution is -0.385. The molecule has 0 fully saturated rings. The van der Waals surface area contributed by atoms with Crippen molar-refractivity contribution in [1.82, 2.24) is 14.8 Å². The molecule has 4 aromatic rings. The standard InChI is InChI=1S/C23H19F3N6O4S/c1-11-3-5-13(6-4-11)15-7-16(23(24,25)26)29-22-17(15)18(19(37-22)20(27)33)30-21(34)12(2)9-31-10-14(8-28-31)32(35)36/h3-8,10,12H,9H2,1-2H3,(H2,27,33)(H,30,34). The van der Waals surface area contributed by atoms with Gasteiger partial charge in [-0.2, -0.15) is 18.3 Å². The predicted molar refractivity (Wildman–Crippen MR) is 130 cm³/mol. The Morgan fingerprint density at radius 3 is 2.51 bits per heavy atom. The highest BCUT2D eigenvalue weighted by molar-refractivity contribution is 7.21. The van der Waals surface area contributed by atoms with Gasteiger partial charge in [-0.15, -0.1) is 11.3 Å². The van der Waals surface area contributed by atoms with E-state index in [0.29, 0.717) is 16.9 Å². The summed E-state index contributed by atoms with van der Waals surface area (Å²) in [6.07, 6.45) is -2.55. The normalized spacial score (nSPS) is 12.5. The van der Waals surface area contributed by atoms with E-state index in [1.165, 1.54) is 11.6 Å². The molecule has 0 bridgehead atoms. The minimum absolute atomic E-state index is 0.0328. The van der Waals surface area contributed by atoms with Crippen molar-refractivity contribution in [3.05, 3.63) is 69.0 Å². The molecule has 192 valence electrons.